The molecule has 1 saturated heterocycles. The second kappa shape index (κ2) is 7.01. The third kappa shape index (κ3) is 4.02. The lowest BCUT2D eigenvalue weighted by Gasteiger charge is -2.36. The maximum atomic E-state index is 13.3. The lowest BCUT2D eigenvalue weighted by atomic mass is 9.94. The van der Waals surface area contributed by atoms with E-state index >= 15 is 0 Å². The van der Waals surface area contributed by atoms with Crippen molar-refractivity contribution in [3.05, 3.63) is 35.6 Å². The normalized spacial score (nSPS) is 19.5. The molecular weight excluding hydrogens is 239 g/mol. The summed E-state index contributed by atoms with van der Waals surface area (Å²) in [5.74, 6) is 0.669. The molecular formula is C16H25FN2. The monoisotopic (exact) mass is 264 g/mol. The molecule has 19 heavy (non-hydrogen) atoms. The lowest BCUT2D eigenvalue weighted by Crippen LogP contribution is -2.38. The van der Waals surface area contributed by atoms with Gasteiger partial charge in [0.1, 0.15) is 5.82 Å². The van der Waals surface area contributed by atoms with Gasteiger partial charge in [-0.25, -0.2) is 4.39 Å². The second-order valence-electron chi connectivity index (χ2n) is 5.52. The third-order valence-electron chi connectivity index (χ3n) is 4.21. The van der Waals surface area contributed by atoms with Gasteiger partial charge in [-0.2, -0.15) is 0 Å². The molecule has 1 heterocycles. The summed E-state index contributed by atoms with van der Waals surface area (Å²) in [5, 5.41) is 3.43. The number of hydrogen-bond acceptors (Lipinski definition) is 2. The number of hydrogen-bond donors (Lipinski definition) is 1. The first-order chi connectivity index (χ1) is 9.20. The molecule has 1 aromatic carbocycles. The van der Waals surface area contributed by atoms with Crippen molar-refractivity contribution >= 4 is 0 Å². The van der Waals surface area contributed by atoms with E-state index in [1.165, 1.54) is 18.9 Å². The van der Waals surface area contributed by atoms with Gasteiger partial charge < -0.3 is 5.32 Å². The Morgan fingerprint density at radius 3 is 2.74 bits per heavy atom. The summed E-state index contributed by atoms with van der Waals surface area (Å²) in [5.41, 5.74) is 1.09. The topological polar surface area (TPSA) is 15.3 Å². The maximum Gasteiger partial charge on any atom is 0.123 e. The van der Waals surface area contributed by atoms with Crippen LogP contribution in [0.4, 0.5) is 4.39 Å². The van der Waals surface area contributed by atoms with Crippen molar-refractivity contribution in [1.82, 2.24) is 10.2 Å². The Kier molecular flexibility index (Phi) is 5.34. The summed E-state index contributed by atoms with van der Waals surface area (Å²) in [6.07, 6.45) is 2.49. The van der Waals surface area contributed by atoms with Crippen molar-refractivity contribution in [1.29, 1.82) is 0 Å². The highest BCUT2D eigenvalue weighted by Gasteiger charge is 2.23. The predicted octanol–water partition coefficient (Wildman–Crippen LogP) is 3.21. The van der Waals surface area contributed by atoms with E-state index < -0.39 is 0 Å². The number of likely N-dealkylation sites (tertiary alicyclic amines) is 1. The summed E-state index contributed by atoms with van der Waals surface area (Å²) in [6.45, 7) is 8.76. The molecule has 1 unspecified atom stereocenters. The zero-order valence-corrected chi connectivity index (χ0v) is 12.0. The van der Waals surface area contributed by atoms with Crippen LogP contribution < -0.4 is 5.32 Å². The number of piperidine rings is 1. The van der Waals surface area contributed by atoms with Gasteiger partial charge in [-0.1, -0.05) is 19.1 Å². The average Bonchev–Trinajstić information content (AvgIpc) is 2.45. The Labute approximate surface area is 116 Å². The third-order valence-corrected chi connectivity index (χ3v) is 4.21. The largest absolute Gasteiger partial charge is 0.317 e. The van der Waals surface area contributed by atoms with Crippen LogP contribution in [0, 0.1) is 11.7 Å². The van der Waals surface area contributed by atoms with Gasteiger partial charge in [0.15, 0.2) is 0 Å². The molecule has 0 aliphatic carbocycles. The molecule has 106 valence electrons. The molecule has 1 aromatic rings. The van der Waals surface area contributed by atoms with Crippen LogP contribution >= 0.6 is 0 Å². The number of benzene rings is 1. The summed E-state index contributed by atoms with van der Waals surface area (Å²) < 4.78 is 13.3. The van der Waals surface area contributed by atoms with Crippen molar-refractivity contribution in [2.45, 2.75) is 32.7 Å². The Hall–Kier alpha value is -0.930. The fraction of sp³-hybridized carbons (Fsp3) is 0.625. The minimum atomic E-state index is -0.133. The first-order valence-electron chi connectivity index (χ1n) is 7.41. The van der Waals surface area contributed by atoms with Crippen molar-refractivity contribution < 1.29 is 4.39 Å². The standard InChI is InChI=1S/C16H25FN2/c1-3-18-12-14-7-9-19(10-8-14)13(2)15-5-4-6-16(17)11-15/h4-6,11,13-14,18H,3,7-10,12H2,1-2H3. The Bertz CT molecular complexity index is 386. The summed E-state index contributed by atoms with van der Waals surface area (Å²) in [6, 6.07) is 7.32. The Morgan fingerprint density at radius 1 is 1.37 bits per heavy atom. The van der Waals surface area contributed by atoms with Gasteiger partial charge in [0.25, 0.3) is 0 Å². The summed E-state index contributed by atoms with van der Waals surface area (Å²) >= 11 is 0. The van der Waals surface area contributed by atoms with Crippen LogP contribution in [-0.2, 0) is 0 Å². The van der Waals surface area contributed by atoms with E-state index in [1.807, 2.05) is 6.07 Å². The average molecular weight is 264 g/mol. The molecule has 2 nitrogen and oxygen atoms in total. The highest BCUT2D eigenvalue weighted by molar-refractivity contribution is 5.19. The van der Waals surface area contributed by atoms with Crippen LogP contribution in [0.15, 0.2) is 24.3 Å². The van der Waals surface area contributed by atoms with E-state index in [9.17, 15) is 4.39 Å². The molecule has 0 amide bonds. The molecule has 1 aliphatic rings. The molecule has 0 aromatic heterocycles. The molecule has 1 fully saturated rings. The van der Waals surface area contributed by atoms with Crippen LogP contribution in [0.5, 0.6) is 0 Å². The van der Waals surface area contributed by atoms with Gasteiger partial charge in [0, 0.05) is 6.04 Å². The fourth-order valence-electron chi connectivity index (χ4n) is 2.87. The number of halogens is 1. The molecule has 0 bridgehead atoms. The molecule has 1 aliphatic heterocycles. The van der Waals surface area contributed by atoms with Gasteiger partial charge in [0.2, 0.25) is 0 Å². The van der Waals surface area contributed by atoms with E-state index in [4.69, 9.17) is 0 Å². The first-order valence-corrected chi connectivity index (χ1v) is 7.41. The second-order valence-corrected chi connectivity index (χ2v) is 5.52. The SMILES string of the molecule is CCNCC1CCN(C(C)c2cccc(F)c2)CC1. The van der Waals surface area contributed by atoms with Gasteiger partial charge in [-0.05, 0) is 69.6 Å². The van der Waals surface area contributed by atoms with E-state index in [0.29, 0.717) is 6.04 Å². The molecule has 2 rings (SSSR count). The summed E-state index contributed by atoms with van der Waals surface area (Å²) in [4.78, 5) is 2.47. The van der Waals surface area contributed by atoms with E-state index in [0.717, 1.165) is 37.7 Å². The Balaban J connectivity index is 1.87. The molecule has 3 heteroatoms. The van der Waals surface area contributed by atoms with Gasteiger partial charge in [-0.3, -0.25) is 4.90 Å². The van der Waals surface area contributed by atoms with Crippen molar-refractivity contribution in [2.24, 2.45) is 5.92 Å². The van der Waals surface area contributed by atoms with Crippen molar-refractivity contribution in [2.75, 3.05) is 26.2 Å². The number of nitrogens with one attached hydrogen (secondary N) is 1. The molecule has 1 N–H and O–H groups in total. The van der Waals surface area contributed by atoms with Crippen LogP contribution in [0.1, 0.15) is 38.3 Å². The fourth-order valence-corrected chi connectivity index (χ4v) is 2.87. The van der Waals surface area contributed by atoms with E-state index in [1.54, 1.807) is 12.1 Å². The number of nitrogens with zero attached hydrogens (tertiary/aromatic N) is 1. The van der Waals surface area contributed by atoms with Gasteiger partial charge >= 0.3 is 0 Å². The minimum absolute atomic E-state index is 0.133. The van der Waals surface area contributed by atoms with Crippen LogP contribution in [-0.4, -0.2) is 31.1 Å². The quantitative estimate of drug-likeness (QED) is 0.878. The molecule has 0 radical (unpaired) electrons. The lowest BCUT2D eigenvalue weighted by molar-refractivity contribution is 0.140. The Morgan fingerprint density at radius 2 is 2.11 bits per heavy atom. The maximum absolute atomic E-state index is 13.3. The van der Waals surface area contributed by atoms with Crippen LogP contribution in [0.2, 0.25) is 0 Å². The smallest absolute Gasteiger partial charge is 0.123 e. The molecule has 1 atom stereocenters. The minimum Gasteiger partial charge on any atom is -0.317 e. The van der Waals surface area contributed by atoms with E-state index in [-0.39, 0.29) is 5.82 Å². The highest BCUT2D eigenvalue weighted by atomic mass is 19.1. The predicted molar refractivity (Wildman–Crippen MR) is 77.7 cm³/mol. The van der Waals surface area contributed by atoms with Crippen molar-refractivity contribution in [3.63, 3.8) is 0 Å². The van der Waals surface area contributed by atoms with Gasteiger partial charge in [-0.15, -0.1) is 0 Å². The van der Waals surface area contributed by atoms with Crippen LogP contribution in [0.25, 0.3) is 0 Å². The zero-order valence-electron chi connectivity index (χ0n) is 12.0. The number of rotatable bonds is 5. The van der Waals surface area contributed by atoms with Crippen LogP contribution in [0.3, 0.4) is 0 Å². The summed E-state index contributed by atoms with van der Waals surface area (Å²) in [7, 11) is 0. The highest BCUT2D eigenvalue weighted by Crippen LogP contribution is 2.26. The first kappa shape index (κ1) is 14.5. The van der Waals surface area contributed by atoms with Gasteiger partial charge in [0.05, 0.1) is 0 Å². The molecule has 0 spiro atoms. The molecule has 0 saturated carbocycles. The zero-order chi connectivity index (χ0) is 13.7. The van der Waals surface area contributed by atoms with E-state index in [2.05, 4.69) is 24.1 Å². The van der Waals surface area contributed by atoms with Crippen molar-refractivity contribution in [3.8, 4) is 0 Å².